The lowest BCUT2D eigenvalue weighted by atomic mass is 10.2. The summed E-state index contributed by atoms with van der Waals surface area (Å²) in [6.45, 7) is 5.62. The van der Waals surface area contributed by atoms with Crippen molar-refractivity contribution in [2.45, 2.75) is 33.4 Å². The van der Waals surface area contributed by atoms with E-state index in [1.54, 1.807) is 17.0 Å². The van der Waals surface area contributed by atoms with Crippen molar-refractivity contribution in [3.05, 3.63) is 70.7 Å². The Morgan fingerprint density at radius 2 is 1.46 bits per heavy atom. The average Bonchev–Trinajstić information content (AvgIpc) is 2.65. The van der Waals surface area contributed by atoms with Gasteiger partial charge in [-0.05, 0) is 30.2 Å². The summed E-state index contributed by atoms with van der Waals surface area (Å²) in [4.78, 5) is 28.0. The molecule has 0 aromatic heterocycles. The van der Waals surface area contributed by atoms with E-state index < -0.39 is 0 Å². The normalized spacial score (nSPS) is 10.4. The van der Waals surface area contributed by atoms with Crippen molar-refractivity contribution in [3.63, 3.8) is 0 Å². The quantitative estimate of drug-likeness (QED) is 0.699. The zero-order valence-electron chi connectivity index (χ0n) is 15.3. The third-order valence-electron chi connectivity index (χ3n) is 4.28. The van der Waals surface area contributed by atoms with Crippen LogP contribution >= 0.6 is 11.6 Å². The summed E-state index contributed by atoms with van der Waals surface area (Å²) >= 11 is 5.90. The van der Waals surface area contributed by atoms with Crippen LogP contribution in [0.1, 0.15) is 31.4 Å². The monoisotopic (exact) mass is 372 g/mol. The van der Waals surface area contributed by atoms with Crippen LogP contribution in [0, 0.1) is 0 Å². The van der Waals surface area contributed by atoms with Gasteiger partial charge >= 0.3 is 0 Å². The molecule has 0 N–H and O–H groups in total. The number of halogens is 1. The molecule has 0 saturated carbocycles. The molecule has 138 valence electrons. The standard InChI is InChI=1S/C21H25ClN2O2/c1-3-23(15-18-7-5-4-6-8-18)21(26)13-14-24(17(2)25)16-19-9-11-20(22)12-10-19/h4-12H,3,13-16H2,1-2H3. The predicted octanol–water partition coefficient (Wildman–Crippen LogP) is 4.13. The van der Waals surface area contributed by atoms with E-state index in [-0.39, 0.29) is 11.8 Å². The van der Waals surface area contributed by atoms with Gasteiger partial charge in [-0.2, -0.15) is 0 Å². The molecular formula is C21H25ClN2O2. The summed E-state index contributed by atoms with van der Waals surface area (Å²) in [5, 5.41) is 0.665. The van der Waals surface area contributed by atoms with Crippen LogP contribution in [-0.2, 0) is 22.7 Å². The molecule has 0 unspecified atom stereocenters. The molecule has 0 saturated heterocycles. The van der Waals surface area contributed by atoms with Crippen LogP contribution in [0.4, 0.5) is 0 Å². The first-order chi connectivity index (χ1) is 12.5. The fourth-order valence-corrected chi connectivity index (χ4v) is 2.85. The van der Waals surface area contributed by atoms with E-state index in [4.69, 9.17) is 11.6 Å². The van der Waals surface area contributed by atoms with Crippen LogP contribution in [0.5, 0.6) is 0 Å². The van der Waals surface area contributed by atoms with Gasteiger partial charge in [-0.1, -0.05) is 54.1 Å². The van der Waals surface area contributed by atoms with Gasteiger partial charge < -0.3 is 9.80 Å². The zero-order valence-corrected chi connectivity index (χ0v) is 16.1. The summed E-state index contributed by atoms with van der Waals surface area (Å²) in [6, 6.07) is 17.3. The van der Waals surface area contributed by atoms with Crippen molar-refractivity contribution in [1.82, 2.24) is 9.80 Å². The number of hydrogen-bond acceptors (Lipinski definition) is 2. The Kier molecular flexibility index (Phi) is 7.67. The van der Waals surface area contributed by atoms with Crippen molar-refractivity contribution in [1.29, 1.82) is 0 Å². The summed E-state index contributed by atoms with van der Waals surface area (Å²) < 4.78 is 0. The third kappa shape index (κ3) is 6.19. The first-order valence-corrected chi connectivity index (χ1v) is 9.19. The number of carbonyl (C=O) groups is 2. The van der Waals surface area contributed by atoms with E-state index in [2.05, 4.69) is 0 Å². The lowest BCUT2D eigenvalue weighted by Gasteiger charge is -2.25. The third-order valence-corrected chi connectivity index (χ3v) is 4.53. The largest absolute Gasteiger partial charge is 0.339 e. The average molecular weight is 373 g/mol. The molecule has 0 aliphatic carbocycles. The van der Waals surface area contributed by atoms with E-state index in [0.717, 1.165) is 11.1 Å². The Labute approximate surface area is 160 Å². The maximum absolute atomic E-state index is 12.6. The zero-order chi connectivity index (χ0) is 18.9. The molecule has 0 aliphatic rings. The molecule has 2 rings (SSSR count). The Balaban J connectivity index is 1.92. The van der Waals surface area contributed by atoms with Gasteiger partial charge in [-0.3, -0.25) is 9.59 Å². The Morgan fingerprint density at radius 1 is 0.885 bits per heavy atom. The summed E-state index contributed by atoms with van der Waals surface area (Å²) in [5.74, 6) is 0.0116. The summed E-state index contributed by atoms with van der Waals surface area (Å²) in [5.41, 5.74) is 2.10. The fraction of sp³-hybridized carbons (Fsp3) is 0.333. The minimum absolute atomic E-state index is 0.0427. The lowest BCUT2D eigenvalue weighted by Crippen LogP contribution is -2.35. The van der Waals surface area contributed by atoms with Crippen LogP contribution in [-0.4, -0.2) is 34.7 Å². The summed E-state index contributed by atoms with van der Waals surface area (Å²) in [6.07, 6.45) is 0.313. The van der Waals surface area contributed by atoms with Gasteiger partial charge in [0.1, 0.15) is 0 Å². The molecule has 2 aromatic rings. The predicted molar refractivity (Wildman–Crippen MR) is 105 cm³/mol. The van der Waals surface area contributed by atoms with Crippen molar-refractivity contribution in [2.75, 3.05) is 13.1 Å². The first kappa shape index (κ1) is 20.0. The molecule has 0 fully saturated rings. The SMILES string of the molecule is CCN(Cc1ccccc1)C(=O)CCN(Cc1ccc(Cl)cc1)C(C)=O. The maximum atomic E-state index is 12.6. The van der Waals surface area contributed by atoms with Crippen molar-refractivity contribution >= 4 is 23.4 Å². The van der Waals surface area contributed by atoms with Crippen LogP contribution in [0.3, 0.4) is 0 Å². The van der Waals surface area contributed by atoms with Gasteiger partial charge in [0.25, 0.3) is 0 Å². The molecular weight excluding hydrogens is 348 g/mol. The molecule has 0 radical (unpaired) electrons. The molecule has 5 heteroatoms. The number of hydrogen-bond donors (Lipinski definition) is 0. The van der Waals surface area contributed by atoms with Crippen molar-refractivity contribution in [2.24, 2.45) is 0 Å². The minimum atomic E-state index is -0.0427. The van der Waals surface area contributed by atoms with Crippen LogP contribution < -0.4 is 0 Å². The maximum Gasteiger partial charge on any atom is 0.224 e. The second-order valence-electron chi connectivity index (χ2n) is 6.21. The van der Waals surface area contributed by atoms with E-state index >= 15 is 0 Å². The number of nitrogens with zero attached hydrogens (tertiary/aromatic N) is 2. The molecule has 0 atom stereocenters. The van der Waals surface area contributed by atoms with Crippen LogP contribution in [0.15, 0.2) is 54.6 Å². The Bertz CT molecular complexity index is 717. The topological polar surface area (TPSA) is 40.6 Å². The van der Waals surface area contributed by atoms with E-state index in [9.17, 15) is 9.59 Å². The first-order valence-electron chi connectivity index (χ1n) is 8.81. The van der Waals surface area contributed by atoms with E-state index in [1.165, 1.54) is 6.92 Å². The van der Waals surface area contributed by atoms with Crippen molar-refractivity contribution in [3.8, 4) is 0 Å². The smallest absolute Gasteiger partial charge is 0.224 e. The molecule has 0 bridgehead atoms. The lowest BCUT2D eigenvalue weighted by molar-refractivity contribution is -0.134. The Hall–Kier alpha value is -2.33. The van der Waals surface area contributed by atoms with Gasteiger partial charge in [0.2, 0.25) is 11.8 Å². The van der Waals surface area contributed by atoms with E-state index in [0.29, 0.717) is 37.6 Å². The number of carbonyl (C=O) groups excluding carboxylic acids is 2. The van der Waals surface area contributed by atoms with Gasteiger partial charge in [0, 0.05) is 44.5 Å². The van der Waals surface area contributed by atoms with Gasteiger partial charge in [-0.25, -0.2) is 0 Å². The highest BCUT2D eigenvalue weighted by atomic mass is 35.5. The van der Waals surface area contributed by atoms with E-state index in [1.807, 2.05) is 54.3 Å². The highest BCUT2D eigenvalue weighted by Crippen LogP contribution is 2.13. The Morgan fingerprint density at radius 3 is 2.04 bits per heavy atom. The van der Waals surface area contributed by atoms with Crippen LogP contribution in [0.25, 0.3) is 0 Å². The highest BCUT2D eigenvalue weighted by Gasteiger charge is 2.16. The van der Waals surface area contributed by atoms with Gasteiger partial charge in [0.15, 0.2) is 0 Å². The number of benzene rings is 2. The van der Waals surface area contributed by atoms with Gasteiger partial charge in [-0.15, -0.1) is 0 Å². The molecule has 2 amide bonds. The molecule has 0 heterocycles. The molecule has 0 spiro atoms. The van der Waals surface area contributed by atoms with Gasteiger partial charge in [0.05, 0.1) is 0 Å². The fourth-order valence-electron chi connectivity index (χ4n) is 2.73. The summed E-state index contributed by atoms with van der Waals surface area (Å²) in [7, 11) is 0. The van der Waals surface area contributed by atoms with Crippen molar-refractivity contribution < 1.29 is 9.59 Å². The minimum Gasteiger partial charge on any atom is -0.339 e. The number of rotatable bonds is 8. The molecule has 0 aliphatic heterocycles. The molecule has 26 heavy (non-hydrogen) atoms. The number of amides is 2. The molecule has 2 aromatic carbocycles. The second kappa shape index (κ2) is 9.97. The van der Waals surface area contributed by atoms with Crippen LogP contribution in [0.2, 0.25) is 5.02 Å². The highest BCUT2D eigenvalue weighted by molar-refractivity contribution is 6.30. The second-order valence-corrected chi connectivity index (χ2v) is 6.65. The molecule has 4 nitrogen and oxygen atoms in total.